The lowest BCUT2D eigenvalue weighted by Crippen LogP contribution is -2.35. The minimum Gasteiger partial charge on any atom is -0.342 e. The molecule has 0 saturated carbocycles. The van der Waals surface area contributed by atoms with E-state index < -0.39 is 0 Å². The molecule has 23 heavy (non-hydrogen) atoms. The Labute approximate surface area is 136 Å². The molecule has 1 unspecified atom stereocenters. The molecule has 2 aromatic rings. The van der Waals surface area contributed by atoms with Gasteiger partial charge in [-0.1, -0.05) is 48.9 Å². The summed E-state index contributed by atoms with van der Waals surface area (Å²) in [7, 11) is 0. The third-order valence-electron chi connectivity index (χ3n) is 4.56. The minimum absolute atomic E-state index is 0.185. The smallest absolute Gasteiger partial charge is 0.227 e. The third kappa shape index (κ3) is 4.19. The van der Waals surface area contributed by atoms with Crippen molar-refractivity contribution in [3.8, 4) is 0 Å². The average molecular weight is 311 g/mol. The van der Waals surface area contributed by atoms with E-state index in [9.17, 15) is 9.18 Å². The zero-order chi connectivity index (χ0) is 16.1. The van der Waals surface area contributed by atoms with Crippen molar-refractivity contribution in [2.45, 2.75) is 31.6 Å². The van der Waals surface area contributed by atoms with Gasteiger partial charge in [-0.2, -0.15) is 0 Å². The molecule has 0 aliphatic carbocycles. The SMILES string of the molecule is O=C(Cc1ccccc1)N1CCCCC(c2ccc(F)cc2)C1. The minimum atomic E-state index is -0.209. The van der Waals surface area contributed by atoms with Crippen molar-refractivity contribution in [3.63, 3.8) is 0 Å². The summed E-state index contributed by atoms with van der Waals surface area (Å²) >= 11 is 0. The van der Waals surface area contributed by atoms with Crippen molar-refractivity contribution in [1.82, 2.24) is 4.90 Å². The van der Waals surface area contributed by atoms with Gasteiger partial charge in [-0.15, -0.1) is 0 Å². The summed E-state index contributed by atoms with van der Waals surface area (Å²) in [5.74, 6) is 0.280. The first-order valence-electron chi connectivity index (χ1n) is 8.29. The highest BCUT2D eigenvalue weighted by atomic mass is 19.1. The first kappa shape index (κ1) is 15.7. The van der Waals surface area contributed by atoms with Crippen LogP contribution in [0.2, 0.25) is 0 Å². The van der Waals surface area contributed by atoms with Gasteiger partial charge in [-0.3, -0.25) is 4.79 Å². The van der Waals surface area contributed by atoms with Gasteiger partial charge in [0.1, 0.15) is 5.82 Å². The molecule has 1 aliphatic rings. The number of halogens is 1. The van der Waals surface area contributed by atoms with Crippen LogP contribution in [0.3, 0.4) is 0 Å². The van der Waals surface area contributed by atoms with Gasteiger partial charge in [-0.25, -0.2) is 4.39 Å². The zero-order valence-electron chi connectivity index (χ0n) is 13.2. The molecule has 0 bridgehead atoms. The normalized spacial score (nSPS) is 18.5. The molecule has 2 nitrogen and oxygen atoms in total. The number of amides is 1. The van der Waals surface area contributed by atoms with Gasteiger partial charge < -0.3 is 4.90 Å². The summed E-state index contributed by atoms with van der Waals surface area (Å²) in [6.45, 7) is 1.56. The second-order valence-corrected chi connectivity index (χ2v) is 6.25. The summed E-state index contributed by atoms with van der Waals surface area (Å²) in [6, 6.07) is 16.6. The van der Waals surface area contributed by atoms with Crippen molar-refractivity contribution in [1.29, 1.82) is 0 Å². The van der Waals surface area contributed by atoms with E-state index in [1.165, 1.54) is 12.1 Å². The summed E-state index contributed by atoms with van der Waals surface area (Å²) in [5, 5.41) is 0. The molecular weight excluding hydrogens is 289 g/mol. The van der Waals surface area contributed by atoms with Crippen LogP contribution in [0.25, 0.3) is 0 Å². The number of rotatable bonds is 3. The fraction of sp³-hybridized carbons (Fsp3) is 0.350. The third-order valence-corrected chi connectivity index (χ3v) is 4.56. The summed E-state index contributed by atoms with van der Waals surface area (Å²) < 4.78 is 13.1. The van der Waals surface area contributed by atoms with Crippen molar-refractivity contribution in [3.05, 3.63) is 71.5 Å². The molecule has 3 rings (SSSR count). The monoisotopic (exact) mass is 311 g/mol. The van der Waals surface area contributed by atoms with Crippen LogP contribution in [-0.2, 0) is 11.2 Å². The van der Waals surface area contributed by atoms with E-state index in [-0.39, 0.29) is 11.7 Å². The van der Waals surface area contributed by atoms with Crippen LogP contribution in [0, 0.1) is 5.82 Å². The fourth-order valence-electron chi connectivity index (χ4n) is 3.26. The number of likely N-dealkylation sites (tertiary alicyclic amines) is 1. The predicted molar refractivity (Wildman–Crippen MR) is 89.7 cm³/mol. The number of carbonyl (C=O) groups excluding carboxylic acids is 1. The van der Waals surface area contributed by atoms with Crippen LogP contribution in [0.1, 0.15) is 36.3 Å². The number of carbonyl (C=O) groups is 1. The molecule has 1 heterocycles. The molecule has 120 valence electrons. The number of nitrogens with zero attached hydrogens (tertiary/aromatic N) is 1. The van der Waals surface area contributed by atoms with E-state index >= 15 is 0 Å². The predicted octanol–water partition coefficient (Wildman–Crippen LogP) is 4.16. The Kier molecular flexibility index (Phi) is 5.06. The molecule has 0 aromatic heterocycles. The van der Waals surface area contributed by atoms with Gasteiger partial charge in [0.05, 0.1) is 6.42 Å². The number of hydrogen-bond donors (Lipinski definition) is 0. The van der Waals surface area contributed by atoms with Gasteiger partial charge in [0, 0.05) is 19.0 Å². The lowest BCUT2D eigenvalue weighted by Gasteiger charge is -2.25. The number of hydrogen-bond acceptors (Lipinski definition) is 1. The molecule has 0 radical (unpaired) electrons. The van der Waals surface area contributed by atoms with Crippen molar-refractivity contribution >= 4 is 5.91 Å². The van der Waals surface area contributed by atoms with Crippen LogP contribution in [0.15, 0.2) is 54.6 Å². The van der Waals surface area contributed by atoms with Crippen molar-refractivity contribution in [2.75, 3.05) is 13.1 Å². The molecular formula is C20H22FNO. The first-order valence-corrected chi connectivity index (χ1v) is 8.29. The standard InChI is InChI=1S/C20H22FNO/c21-19-11-9-17(10-12-19)18-8-4-5-13-22(15-18)20(23)14-16-6-2-1-3-7-16/h1-3,6-7,9-12,18H,4-5,8,13-15H2. The fourth-order valence-corrected chi connectivity index (χ4v) is 3.26. The van der Waals surface area contributed by atoms with E-state index in [1.54, 1.807) is 0 Å². The van der Waals surface area contributed by atoms with E-state index in [0.29, 0.717) is 12.3 Å². The highest BCUT2D eigenvalue weighted by Gasteiger charge is 2.23. The molecule has 1 amide bonds. The van der Waals surface area contributed by atoms with Gasteiger partial charge >= 0.3 is 0 Å². The highest BCUT2D eigenvalue weighted by molar-refractivity contribution is 5.78. The van der Waals surface area contributed by atoms with E-state index in [2.05, 4.69) is 0 Å². The molecule has 0 spiro atoms. The lowest BCUT2D eigenvalue weighted by molar-refractivity contribution is -0.130. The van der Waals surface area contributed by atoms with Crippen molar-refractivity contribution in [2.24, 2.45) is 0 Å². The summed E-state index contributed by atoms with van der Waals surface area (Å²) in [6.07, 6.45) is 3.66. The largest absolute Gasteiger partial charge is 0.342 e. The zero-order valence-corrected chi connectivity index (χ0v) is 13.2. The van der Waals surface area contributed by atoms with Crippen molar-refractivity contribution < 1.29 is 9.18 Å². The molecule has 1 fully saturated rings. The molecule has 1 aliphatic heterocycles. The Bertz CT molecular complexity index is 638. The Morgan fingerprint density at radius 3 is 2.52 bits per heavy atom. The highest BCUT2D eigenvalue weighted by Crippen LogP contribution is 2.27. The maximum atomic E-state index is 13.1. The Hall–Kier alpha value is -2.16. The quantitative estimate of drug-likeness (QED) is 0.833. The molecule has 1 atom stereocenters. The topological polar surface area (TPSA) is 20.3 Å². The Morgan fingerprint density at radius 2 is 1.78 bits per heavy atom. The van der Waals surface area contributed by atoms with Gasteiger partial charge in [0.25, 0.3) is 0 Å². The van der Waals surface area contributed by atoms with E-state index in [4.69, 9.17) is 0 Å². The molecule has 3 heteroatoms. The average Bonchev–Trinajstić information content (AvgIpc) is 2.83. The Balaban J connectivity index is 1.69. The second kappa shape index (κ2) is 7.40. The van der Waals surface area contributed by atoms with E-state index in [0.717, 1.165) is 43.5 Å². The Morgan fingerprint density at radius 1 is 1.04 bits per heavy atom. The maximum absolute atomic E-state index is 13.1. The van der Waals surface area contributed by atoms with Crippen LogP contribution in [0.4, 0.5) is 4.39 Å². The van der Waals surface area contributed by atoms with Gasteiger partial charge in [-0.05, 0) is 36.1 Å². The molecule has 0 N–H and O–H groups in total. The second-order valence-electron chi connectivity index (χ2n) is 6.25. The van der Waals surface area contributed by atoms with Crippen LogP contribution in [-0.4, -0.2) is 23.9 Å². The maximum Gasteiger partial charge on any atom is 0.227 e. The molecule has 2 aromatic carbocycles. The van der Waals surface area contributed by atoms with E-state index in [1.807, 2.05) is 47.4 Å². The van der Waals surface area contributed by atoms with Crippen LogP contribution >= 0.6 is 0 Å². The summed E-state index contributed by atoms with van der Waals surface area (Å²) in [4.78, 5) is 14.6. The lowest BCUT2D eigenvalue weighted by atomic mass is 9.94. The van der Waals surface area contributed by atoms with Crippen LogP contribution < -0.4 is 0 Å². The first-order chi connectivity index (χ1) is 11.2. The van der Waals surface area contributed by atoms with Gasteiger partial charge in [0.2, 0.25) is 5.91 Å². The number of benzene rings is 2. The van der Waals surface area contributed by atoms with Crippen LogP contribution in [0.5, 0.6) is 0 Å². The van der Waals surface area contributed by atoms with Gasteiger partial charge in [0.15, 0.2) is 0 Å². The molecule has 1 saturated heterocycles. The summed E-state index contributed by atoms with van der Waals surface area (Å²) in [5.41, 5.74) is 2.19.